The molecule has 4 heteroatoms. The van der Waals surface area contributed by atoms with Gasteiger partial charge in [0.1, 0.15) is 0 Å². The van der Waals surface area contributed by atoms with Crippen molar-refractivity contribution in [1.29, 1.82) is 0 Å². The van der Waals surface area contributed by atoms with Crippen LogP contribution in [0.25, 0.3) is 0 Å². The summed E-state index contributed by atoms with van der Waals surface area (Å²) in [5, 5.41) is 11.3. The van der Waals surface area contributed by atoms with Crippen LogP contribution >= 0.6 is 0 Å². The zero-order chi connectivity index (χ0) is 22.4. The van der Waals surface area contributed by atoms with E-state index in [-0.39, 0.29) is 17.0 Å². The third kappa shape index (κ3) is 7.05. The van der Waals surface area contributed by atoms with Gasteiger partial charge in [0.15, 0.2) is 8.32 Å². The van der Waals surface area contributed by atoms with Crippen molar-refractivity contribution in [2.75, 3.05) is 6.61 Å². The number of nitrogens with zero attached hydrogens (tertiary/aromatic N) is 1. The fraction of sp³-hybridized carbons (Fsp3) is 0.538. The third-order valence-electron chi connectivity index (χ3n) is 6.42. The number of aliphatic hydroxyl groups is 1. The van der Waals surface area contributed by atoms with Crippen LogP contribution in [0, 0.1) is 5.92 Å². The van der Waals surface area contributed by atoms with E-state index in [1.54, 1.807) is 0 Å². The number of benzene rings is 2. The first kappa shape index (κ1) is 24.8. The minimum atomic E-state index is -1.92. The molecule has 0 fully saturated rings. The summed E-state index contributed by atoms with van der Waals surface area (Å²) in [4.78, 5) is 2.39. The zero-order valence-corrected chi connectivity index (χ0v) is 20.9. The Morgan fingerprint density at radius 3 is 1.67 bits per heavy atom. The van der Waals surface area contributed by atoms with E-state index in [1.165, 1.54) is 11.1 Å². The van der Waals surface area contributed by atoms with E-state index in [0.717, 1.165) is 13.1 Å². The highest BCUT2D eigenvalue weighted by molar-refractivity contribution is 6.74. The zero-order valence-electron chi connectivity index (χ0n) is 19.9. The molecule has 0 aliphatic rings. The molecule has 166 valence electrons. The Bertz CT molecular complexity index is 699. The summed E-state index contributed by atoms with van der Waals surface area (Å²) >= 11 is 0. The van der Waals surface area contributed by atoms with Crippen molar-refractivity contribution in [2.45, 2.75) is 78.0 Å². The average Bonchev–Trinajstić information content (AvgIpc) is 2.68. The minimum Gasteiger partial charge on any atom is -0.415 e. The van der Waals surface area contributed by atoms with E-state index in [0.29, 0.717) is 6.61 Å². The van der Waals surface area contributed by atoms with Gasteiger partial charge in [0, 0.05) is 13.1 Å². The Morgan fingerprint density at radius 1 is 0.867 bits per heavy atom. The van der Waals surface area contributed by atoms with Crippen molar-refractivity contribution in [3.63, 3.8) is 0 Å². The summed E-state index contributed by atoms with van der Waals surface area (Å²) in [7, 11) is -1.92. The molecular weight excluding hydrogens is 386 g/mol. The van der Waals surface area contributed by atoms with E-state index >= 15 is 0 Å². The van der Waals surface area contributed by atoms with Crippen LogP contribution in [0.4, 0.5) is 0 Å². The van der Waals surface area contributed by atoms with E-state index in [2.05, 4.69) is 101 Å². The molecule has 2 rings (SSSR count). The Hall–Kier alpha value is -1.46. The third-order valence-corrected chi connectivity index (χ3v) is 10.9. The maximum Gasteiger partial charge on any atom is 0.192 e. The van der Waals surface area contributed by atoms with Crippen LogP contribution in [0.3, 0.4) is 0 Å². The quantitative estimate of drug-likeness (QED) is 0.465. The SMILES string of the molecule is CC(C)[C@H](O)[C@@H](CO[Si](C)(C)C(C)(C)C)N(Cc1ccccc1)Cc1ccccc1. The largest absolute Gasteiger partial charge is 0.415 e. The normalized spacial score (nSPS) is 14.9. The van der Waals surface area contributed by atoms with Crippen LogP contribution in [0.2, 0.25) is 18.1 Å². The summed E-state index contributed by atoms with van der Waals surface area (Å²) < 4.78 is 6.62. The van der Waals surface area contributed by atoms with E-state index in [4.69, 9.17) is 4.43 Å². The molecule has 2 aromatic carbocycles. The highest BCUT2D eigenvalue weighted by Crippen LogP contribution is 2.37. The Morgan fingerprint density at radius 2 is 1.30 bits per heavy atom. The predicted octanol–water partition coefficient (Wildman–Crippen LogP) is 6.10. The lowest BCUT2D eigenvalue weighted by atomic mass is 9.97. The van der Waals surface area contributed by atoms with Crippen molar-refractivity contribution in [1.82, 2.24) is 4.90 Å². The second-order valence-corrected chi connectivity index (χ2v) is 15.1. The number of hydrogen-bond acceptors (Lipinski definition) is 3. The van der Waals surface area contributed by atoms with Gasteiger partial charge in [-0.25, -0.2) is 0 Å². The van der Waals surface area contributed by atoms with Crippen molar-refractivity contribution >= 4 is 8.32 Å². The fourth-order valence-corrected chi connectivity index (χ4v) is 4.32. The van der Waals surface area contributed by atoms with E-state index in [9.17, 15) is 5.11 Å². The summed E-state index contributed by atoms with van der Waals surface area (Å²) in [6.45, 7) is 17.7. The van der Waals surface area contributed by atoms with Gasteiger partial charge in [-0.1, -0.05) is 95.3 Å². The van der Waals surface area contributed by atoms with Crippen molar-refractivity contribution < 1.29 is 9.53 Å². The first-order chi connectivity index (χ1) is 14.0. The first-order valence-electron chi connectivity index (χ1n) is 11.1. The lowest BCUT2D eigenvalue weighted by molar-refractivity contribution is -0.0127. The van der Waals surface area contributed by atoms with Crippen LogP contribution in [0.1, 0.15) is 45.7 Å². The van der Waals surface area contributed by atoms with Gasteiger partial charge in [0.2, 0.25) is 0 Å². The second kappa shape index (κ2) is 10.7. The highest BCUT2D eigenvalue weighted by Gasteiger charge is 2.39. The second-order valence-electron chi connectivity index (χ2n) is 10.2. The summed E-state index contributed by atoms with van der Waals surface area (Å²) in [5.41, 5.74) is 2.50. The van der Waals surface area contributed by atoms with Gasteiger partial charge in [-0.3, -0.25) is 4.90 Å². The molecule has 0 saturated carbocycles. The molecule has 0 bridgehead atoms. The number of rotatable bonds is 10. The van der Waals surface area contributed by atoms with Crippen LogP contribution < -0.4 is 0 Å². The van der Waals surface area contributed by atoms with Gasteiger partial charge >= 0.3 is 0 Å². The fourth-order valence-electron chi connectivity index (χ4n) is 3.30. The summed E-state index contributed by atoms with van der Waals surface area (Å²) in [5.74, 6) is 0.159. The van der Waals surface area contributed by atoms with Gasteiger partial charge < -0.3 is 9.53 Å². The standard InChI is InChI=1S/C26H41NO2Si/c1-21(2)25(28)24(20-29-30(6,7)26(3,4)5)27(18-22-14-10-8-11-15-22)19-23-16-12-9-13-17-23/h8-17,21,24-25,28H,18-20H2,1-7H3/t24-,25+/m1/s1. The molecule has 0 unspecified atom stereocenters. The van der Waals surface area contributed by atoms with Gasteiger partial charge in [-0.05, 0) is 35.2 Å². The first-order valence-corrected chi connectivity index (χ1v) is 14.1. The number of hydrogen-bond donors (Lipinski definition) is 1. The molecule has 0 aromatic heterocycles. The molecule has 0 saturated heterocycles. The molecule has 0 amide bonds. The highest BCUT2D eigenvalue weighted by atomic mass is 28.4. The Balaban J connectivity index is 2.32. The van der Waals surface area contributed by atoms with Crippen LogP contribution in [0.15, 0.2) is 60.7 Å². The lowest BCUT2D eigenvalue weighted by Crippen LogP contribution is -2.51. The maximum atomic E-state index is 11.2. The average molecular weight is 428 g/mol. The van der Waals surface area contributed by atoms with E-state index < -0.39 is 14.4 Å². The van der Waals surface area contributed by atoms with E-state index in [1.807, 2.05) is 12.1 Å². The molecule has 0 aliphatic heterocycles. The molecule has 2 aromatic rings. The molecule has 0 radical (unpaired) electrons. The Labute approximate surface area is 185 Å². The predicted molar refractivity (Wildman–Crippen MR) is 130 cm³/mol. The summed E-state index contributed by atoms with van der Waals surface area (Å²) in [6.07, 6.45) is -0.456. The minimum absolute atomic E-state index is 0.0699. The van der Waals surface area contributed by atoms with Gasteiger partial charge in [0.25, 0.3) is 0 Å². The van der Waals surface area contributed by atoms with Gasteiger partial charge in [0.05, 0.1) is 18.8 Å². The maximum absolute atomic E-state index is 11.2. The lowest BCUT2D eigenvalue weighted by Gasteiger charge is -2.41. The molecule has 2 atom stereocenters. The molecule has 3 nitrogen and oxygen atoms in total. The van der Waals surface area contributed by atoms with Crippen molar-refractivity contribution in [3.8, 4) is 0 Å². The molecule has 0 heterocycles. The van der Waals surface area contributed by atoms with Crippen molar-refractivity contribution in [3.05, 3.63) is 71.8 Å². The topological polar surface area (TPSA) is 32.7 Å². The molecular formula is C26H41NO2Si. The Kier molecular flexibility index (Phi) is 8.86. The molecule has 0 aliphatic carbocycles. The molecule has 1 N–H and O–H groups in total. The monoisotopic (exact) mass is 427 g/mol. The van der Waals surface area contributed by atoms with Crippen molar-refractivity contribution in [2.24, 2.45) is 5.92 Å². The van der Waals surface area contributed by atoms with Crippen LogP contribution in [0.5, 0.6) is 0 Å². The number of aliphatic hydroxyl groups excluding tert-OH is 1. The van der Waals surface area contributed by atoms with Gasteiger partial charge in [-0.2, -0.15) is 0 Å². The molecule has 0 spiro atoms. The summed E-state index contributed by atoms with van der Waals surface area (Å²) in [6, 6.07) is 21.0. The molecule has 30 heavy (non-hydrogen) atoms. The van der Waals surface area contributed by atoms with Crippen LogP contribution in [-0.4, -0.2) is 37.1 Å². The van der Waals surface area contributed by atoms with Gasteiger partial charge in [-0.15, -0.1) is 0 Å². The van der Waals surface area contributed by atoms with Crippen LogP contribution in [-0.2, 0) is 17.5 Å². The smallest absolute Gasteiger partial charge is 0.192 e.